The smallest absolute Gasteiger partial charge is 0.277 e. The first-order chi connectivity index (χ1) is 9.86. The van der Waals surface area contributed by atoms with Gasteiger partial charge in [0.05, 0.1) is 10.1 Å². The molecule has 0 spiro atoms. The molecular formula is C13H14N6O2. The average Bonchev–Trinajstić information content (AvgIpc) is 2.31. The van der Waals surface area contributed by atoms with Gasteiger partial charge < -0.3 is 11.5 Å². The molecule has 1 heterocycles. The molecule has 1 aromatic rings. The quantitative estimate of drug-likeness (QED) is 0.314. The van der Waals surface area contributed by atoms with Crippen LogP contribution in [0, 0.1) is 34.4 Å². The van der Waals surface area contributed by atoms with Crippen molar-refractivity contribution in [2.75, 3.05) is 0 Å². The zero-order chi connectivity index (χ0) is 15.6. The topological polar surface area (TPSA) is 133 Å². The van der Waals surface area contributed by atoms with E-state index in [0.717, 1.165) is 21.8 Å². The van der Waals surface area contributed by atoms with E-state index >= 15 is 0 Å². The summed E-state index contributed by atoms with van der Waals surface area (Å²) < 4.78 is 0. The first-order valence-electron chi connectivity index (χ1n) is 6.07. The first kappa shape index (κ1) is 14.4. The van der Waals surface area contributed by atoms with Gasteiger partial charge in [0.25, 0.3) is 11.6 Å². The van der Waals surface area contributed by atoms with Crippen LogP contribution in [0.25, 0.3) is 0 Å². The molecule has 0 saturated heterocycles. The number of non-ortho nitro benzene ring substituents is 1. The molecule has 8 heteroatoms. The number of hydrogen-bond acceptors (Lipinski definition) is 5. The van der Waals surface area contributed by atoms with E-state index in [9.17, 15) is 10.1 Å². The summed E-state index contributed by atoms with van der Waals surface area (Å²) >= 11 is 0. The number of aliphatic imine (C=N–C) groups is 1. The molecule has 4 N–H and O–H groups in total. The fourth-order valence-corrected chi connectivity index (χ4v) is 1.79. The number of aryl methyl sites for hydroxylation is 2. The van der Waals surface area contributed by atoms with Gasteiger partial charge in [0, 0.05) is 17.5 Å². The third-order valence-corrected chi connectivity index (χ3v) is 2.71. The number of benzene rings is 1. The van der Waals surface area contributed by atoms with E-state index in [1.54, 1.807) is 12.1 Å². The number of nitrogens with zero attached hydrogens (tertiary/aromatic N) is 4. The summed E-state index contributed by atoms with van der Waals surface area (Å²) in [6, 6.07) is 7.05. The minimum absolute atomic E-state index is 0.0278. The predicted octanol–water partition coefficient (Wildman–Crippen LogP) is 1.19. The van der Waals surface area contributed by atoms with Crippen molar-refractivity contribution < 1.29 is 4.92 Å². The molecule has 108 valence electrons. The SMILES string of the molecule is Cc1cc(C)nc(N=C(N)N)n1.O=[N+]([O-])c1cc2ccc1=2. The number of guanidine groups is 1. The normalized spacial score (nSPS) is 10.2. The highest BCUT2D eigenvalue weighted by Crippen LogP contribution is 2.22. The van der Waals surface area contributed by atoms with E-state index in [4.69, 9.17) is 11.5 Å². The van der Waals surface area contributed by atoms with Crippen LogP contribution in [-0.2, 0) is 0 Å². The average molecular weight is 286 g/mol. The molecule has 0 amide bonds. The molecule has 0 aliphatic heterocycles. The van der Waals surface area contributed by atoms with Crippen molar-refractivity contribution in [3.05, 3.63) is 56.2 Å². The van der Waals surface area contributed by atoms with Crippen molar-refractivity contribution >= 4 is 17.6 Å². The van der Waals surface area contributed by atoms with Gasteiger partial charge in [-0.3, -0.25) is 10.1 Å². The molecule has 8 nitrogen and oxygen atoms in total. The lowest BCUT2D eigenvalue weighted by Crippen LogP contribution is -2.22. The second-order valence-corrected chi connectivity index (χ2v) is 4.48. The fraction of sp³-hybridized carbons (Fsp3) is 0.154. The standard InChI is InChI=1S/C7H11N5.C6H3NO2/c1-4-3-5(2)11-7(10-4)12-6(8)9;8-7(9)6-3-4-1-2-5(4)6/h3H,1-2H3,(H4,8,9,10,11,12);1-3H. The van der Waals surface area contributed by atoms with Gasteiger partial charge in [-0.05, 0) is 31.2 Å². The highest BCUT2D eigenvalue weighted by molar-refractivity contribution is 5.77. The van der Waals surface area contributed by atoms with Crippen molar-refractivity contribution in [1.29, 1.82) is 0 Å². The number of hydrogen-bond donors (Lipinski definition) is 2. The molecule has 1 aromatic heterocycles. The molecule has 0 radical (unpaired) electrons. The van der Waals surface area contributed by atoms with Crippen LogP contribution < -0.4 is 11.5 Å². The summed E-state index contributed by atoms with van der Waals surface area (Å²) in [6.45, 7) is 3.72. The Morgan fingerprint density at radius 3 is 2.10 bits per heavy atom. The van der Waals surface area contributed by atoms with Crippen LogP contribution in [0.4, 0.5) is 11.6 Å². The Balaban J connectivity index is 0.000000159. The summed E-state index contributed by atoms with van der Waals surface area (Å²) in [5.41, 5.74) is 12.3. The van der Waals surface area contributed by atoms with E-state index < -0.39 is 0 Å². The molecule has 0 unspecified atom stereocenters. The van der Waals surface area contributed by atoms with E-state index in [2.05, 4.69) is 15.0 Å². The molecule has 0 bridgehead atoms. The maximum atomic E-state index is 10.0. The lowest BCUT2D eigenvalue weighted by molar-refractivity contribution is -0.386. The Labute approximate surface area is 120 Å². The minimum atomic E-state index is -0.359. The van der Waals surface area contributed by atoms with E-state index in [1.807, 2.05) is 26.0 Å². The summed E-state index contributed by atoms with van der Waals surface area (Å²) in [4.78, 5) is 21.4. The number of nitro groups is 1. The van der Waals surface area contributed by atoms with Gasteiger partial charge >= 0.3 is 0 Å². The van der Waals surface area contributed by atoms with Gasteiger partial charge in [-0.1, -0.05) is 6.07 Å². The number of rotatable bonds is 2. The van der Waals surface area contributed by atoms with Crippen LogP contribution >= 0.6 is 0 Å². The lowest BCUT2D eigenvalue weighted by atomic mass is 10.1. The highest BCUT2D eigenvalue weighted by Gasteiger charge is 2.15. The summed E-state index contributed by atoms with van der Waals surface area (Å²) in [7, 11) is 0. The van der Waals surface area contributed by atoms with Crippen LogP contribution in [0.1, 0.15) is 11.4 Å². The Morgan fingerprint density at radius 2 is 1.81 bits per heavy atom. The van der Waals surface area contributed by atoms with E-state index in [-0.39, 0.29) is 16.6 Å². The first-order valence-corrected chi connectivity index (χ1v) is 6.07. The summed E-state index contributed by atoms with van der Waals surface area (Å²) in [5.74, 6) is 0.285. The zero-order valence-electron chi connectivity index (χ0n) is 11.6. The van der Waals surface area contributed by atoms with Crippen LogP contribution in [0.2, 0.25) is 0 Å². The second-order valence-electron chi connectivity index (χ2n) is 4.48. The molecule has 0 saturated carbocycles. The maximum absolute atomic E-state index is 10.0. The van der Waals surface area contributed by atoms with E-state index in [0.29, 0.717) is 5.95 Å². The molecule has 21 heavy (non-hydrogen) atoms. The highest BCUT2D eigenvalue weighted by atomic mass is 16.6. The van der Waals surface area contributed by atoms with Crippen LogP contribution in [0.5, 0.6) is 0 Å². The van der Waals surface area contributed by atoms with Gasteiger partial charge in [0.1, 0.15) is 0 Å². The van der Waals surface area contributed by atoms with Gasteiger partial charge in [-0.15, -0.1) is 0 Å². The van der Waals surface area contributed by atoms with Crippen LogP contribution in [-0.4, -0.2) is 20.9 Å². The third kappa shape index (κ3) is 3.30. The Bertz CT molecular complexity index is 807. The second kappa shape index (κ2) is 5.53. The maximum Gasteiger partial charge on any atom is 0.277 e. The third-order valence-electron chi connectivity index (χ3n) is 2.71. The largest absolute Gasteiger partial charge is 0.370 e. The Kier molecular flexibility index (Phi) is 3.79. The van der Waals surface area contributed by atoms with Crippen molar-refractivity contribution in [1.82, 2.24) is 9.97 Å². The number of nitrogens with two attached hydrogens (primary N) is 2. The molecule has 2 aliphatic carbocycles. The van der Waals surface area contributed by atoms with Gasteiger partial charge in [0.15, 0.2) is 5.96 Å². The zero-order valence-corrected chi connectivity index (χ0v) is 11.6. The van der Waals surface area contributed by atoms with Gasteiger partial charge in [0.2, 0.25) is 0 Å². The van der Waals surface area contributed by atoms with Crippen molar-refractivity contribution in [2.45, 2.75) is 13.8 Å². The van der Waals surface area contributed by atoms with Crippen molar-refractivity contribution in [2.24, 2.45) is 16.5 Å². The van der Waals surface area contributed by atoms with Gasteiger partial charge in [-0.25, -0.2) is 9.97 Å². The van der Waals surface area contributed by atoms with Crippen molar-refractivity contribution in [3.8, 4) is 0 Å². The molecule has 3 rings (SSSR count). The summed E-state index contributed by atoms with van der Waals surface area (Å²) in [6.07, 6.45) is 0. The number of nitro benzene ring substituents is 1. The molecule has 0 atom stereocenters. The molecule has 2 aliphatic rings. The van der Waals surface area contributed by atoms with Crippen LogP contribution in [0.15, 0.2) is 29.3 Å². The monoisotopic (exact) mass is 286 g/mol. The Hall–Kier alpha value is -3.03. The van der Waals surface area contributed by atoms with Crippen LogP contribution in [0.3, 0.4) is 0 Å². The molecule has 0 aromatic carbocycles. The van der Waals surface area contributed by atoms with E-state index in [1.165, 1.54) is 0 Å². The molecular weight excluding hydrogens is 272 g/mol. The van der Waals surface area contributed by atoms with Crippen molar-refractivity contribution in [3.63, 3.8) is 0 Å². The summed E-state index contributed by atoms with van der Waals surface area (Å²) in [5, 5.41) is 11.9. The molecule has 0 fully saturated rings. The predicted molar refractivity (Wildman–Crippen MR) is 77.7 cm³/mol. The van der Waals surface area contributed by atoms with Gasteiger partial charge in [-0.2, -0.15) is 4.99 Å². The lowest BCUT2D eigenvalue weighted by Gasteiger charge is -2.01. The minimum Gasteiger partial charge on any atom is -0.370 e. The fourth-order valence-electron chi connectivity index (χ4n) is 1.79. The Morgan fingerprint density at radius 1 is 1.19 bits per heavy atom. The number of aromatic nitrogens is 2.